The highest BCUT2D eigenvalue weighted by atomic mass is 35.5. The smallest absolute Gasteiger partial charge is 0.274 e. The lowest BCUT2D eigenvalue weighted by molar-refractivity contribution is 0.0732. The molecular weight excluding hydrogens is 395 g/mol. The minimum Gasteiger partial charge on any atom is -0.497 e. The van der Waals surface area contributed by atoms with Gasteiger partial charge in [-0.3, -0.25) is 4.79 Å². The Labute approximate surface area is 171 Å². The van der Waals surface area contributed by atoms with Crippen molar-refractivity contribution >= 4 is 29.0 Å². The van der Waals surface area contributed by atoms with Gasteiger partial charge in [0.05, 0.1) is 13.2 Å². The average molecular weight is 413 g/mol. The summed E-state index contributed by atoms with van der Waals surface area (Å²) in [5, 5.41) is 0.327. The third-order valence-electron chi connectivity index (χ3n) is 4.92. The van der Waals surface area contributed by atoms with Crippen LogP contribution in [0.4, 0.5) is 15.9 Å². The lowest BCUT2D eigenvalue weighted by Gasteiger charge is -2.27. The Kier molecular flexibility index (Phi) is 4.76. The normalized spacial score (nSPS) is 15.5. The topological polar surface area (TPSA) is 94.5 Å². The minimum absolute atomic E-state index is 0.144. The number of carbonyl (C=O) groups excluding carboxylic acids is 1. The number of ether oxygens (including phenoxy) is 1. The number of methoxy groups -OCH3 is 1. The van der Waals surface area contributed by atoms with E-state index < -0.39 is 11.9 Å². The molecule has 1 amide bonds. The Morgan fingerprint density at radius 2 is 1.90 bits per heavy atom. The second-order valence-corrected chi connectivity index (χ2v) is 7.16. The van der Waals surface area contributed by atoms with Crippen LogP contribution in [0.3, 0.4) is 0 Å². The fourth-order valence-electron chi connectivity index (χ4n) is 3.59. The van der Waals surface area contributed by atoms with E-state index in [0.29, 0.717) is 27.6 Å². The highest BCUT2D eigenvalue weighted by molar-refractivity contribution is 6.31. The van der Waals surface area contributed by atoms with E-state index in [1.165, 1.54) is 24.3 Å². The quantitative estimate of drug-likeness (QED) is 0.679. The number of nitrogens with zero attached hydrogens (tertiary/aromatic N) is 2. The molecule has 0 spiro atoms. The summed E-state index contributed by atoms with van der Waals surface area (Å²) in [7, 11) is 1.58. The highest BCUT2D eigenvalue weighted by Gasteiger charge is 2.41. The van der Waals surface area contributed by atoms with E-state index in [-0.39, 0.29) is 24.0 Å². The molecule has 0 radical (unpaired) electrons. The predicted octanol–water partition coefficient (Wildman–Crippen LogP) is 3.79. The van der Waals surface area contributed by atoms with Gasteiger partial charge in [0.15, 0.2) is 0 Å². The van der Waals surface area contributed by atoms with Crippen LogP contribution in [0.2, 0.25) is 5.02 Å². The number of halogens is 2. The Morgan fingerprint density at radius 3 is 2.59 bits per heavy atom. The molecule has 1 aromatic heterocycles. The molecule has 29 heavy (non-hydrogen) atoms. The molecule has 2 aromatic carbocycles. The van der Waals surface area contributed by atoms with E-state index in [0.717, 1.165) is 5.56 Å². The van der Waals surface area contributed by atoms with Crippen LogP contribution in [-0.4, -0.2) is 22.9 Å². The second kappa shape index (κ2) is 7.25. The number of anilines is 2. The number of amides is 1. The summed E-state index contributed by atoms with van der Waals surface area (Å²) in [5.41, 5.74) is 14.2. The van der Waals surface area contributed by atoms with Gasteiger partial charge in [-0.15, -0.1) is 0 Å². The molecule has 4 N–H and O–H groups in total. The lowest BCUT2D eigenvalue weighted by Crippen LogP contribution is -2.28. The number of fused-ring (bicyclic) bond motifs is 1. The van der Waals surface area contributed by atoms with Gasteiger partial charge in [-0.2, -0.15) is 0 Å². The monoisotopic (exact) mass is 412 g/mol. The van der Waals surface area contributed by atoms with E-state index in [1.807, 2.05) is 12.1 Å². The van der Waals surface area contributed by atoms with Gasteiger partial charge in [0.2, 0.25) is 0 Å². The van der Waals surface area contributed by atoms with Gasteiger partial charge in [0, 0.05) is 34.4 Å². The van der Waals surface area contributed by atoms with E-state index in [4.69, 9.17) is 27.8 Å². The fraction of sp³-hybridized carbons (Fsp3) is 0.143. The molecule has 0 saturated carbocycles. The first kappa shape index (κ1) is 19.0. The molecule has 0 saturated heterocycles. The van der Waals surface area contributed by atoms with E-state index in [2.05, 4.69) is 4.98 Å². The number of aromatic nitrogens is 1. The Balaban J connectivity index is 1.85. The van der Waals surface area contributed by atoms with Gasteiger partial charge in [0.1, 0.15) is 23.1 Å². The number of pyridine rings is 1. The maximum Gasteiger partial charge on any atom is 0.274 e. The maximum absolute atomic E-state index is 14.0. The zero-order chi connectivity index (χ0) is 20.7. The van der Waals surface area contributed by atoms with Crippen LogP contribution in [0, 0.1) is 5.82 Å². The number of nitrogens with two attached hydrogens (primary N) is 2. The van der Waals surface area contributed by atoms with Crippen molar-refractivity contribution in [1.82, 2.24) is 9.88 Å². The van der Waals surface area contributed by atoms with Crippen LogP contribution < -0.4 is 16.2 Å². The zero-order valence-corrected chi connectivity index (χ0v) is 16.3. The number of nitrogen functional groups attached to an aromatic ring is 2. The Morgan fingerprint density at radius 1 is 1.17 bits per heavy atom. The summed E-state index contributed by atoms with van der Waals surface area (Å²) in [5.74, 6) is 0.0370. The zero-order valence-electron chi connectivity index (χ0n) is 15.5. The third kappa shape index (κ3) is 3.34. The molecule has 0 aliphatic carbocycles. The number of benzene rings is 2. The third-order valence-corrected chi connectivity index (χ3v) is 5.27. The summed E-state index contributed by atoms with van der Waals surface area (Å²) in [6, 6.07) is 12.2. The van der Waals surface area contributed by atoms with Gasteiger partial charge in [-0.25, -0.2) is 9.37 Å². The summed E-state index contributed by atoms with van der Waals surface area (Å²) in [6.07, 6.45) is 0. The van der Waals surface area contributed by atoms with Gasteiger partial charge in [-0.05, 0) is 35.9 Å². The lowest BCUT2D eigenvalue weighted by atomic mass is 9.97. The van der Waals surface area contributed by atoms with Crippen molar-refractivity contribution in [2.45, 2.75) is 12.6 Å². The van der Waals surface area contributed by atoms with Crippen molar-refractivity contribution in [2.24, 2.45) is 0 Å². The molecule has 148 valence electrons. The first-order valence-electron chi connectivity index (χ1n) is 8.83. The van der Waals surface area contributed by atoms with E-state index >= 15 is 0 Å². The molecule has 1 aliphatic rings. The standard InChI is InChI=1S/C21H18ClFN4O2/c1-29-13-5-2-11(3-6-13)10-27-20(14-8-12(23)4-7-15(14)22)18-16(24)9-17(25)26-19(18)21(27)28/h2-9,20H,10H2,1H3,(H4,24,25,26). The number of hydrogen-bond donors (Lipinski definition) is 2. The van der Waals surface area contributed by atoms with Crippen molar-refractivity contribution < 1.29 is 13.9 Å². The fourth-order valence-corrected chi connectivity index (χ4v) is 3.81. The summed E-state index contributed by atoms with van der Waals surface area (Å²) >= 11 is 6.37. The number of carbonyl (C=O) groups is 1. The predicted molar refractivity (Wildman–Crippen MR) is 109 cm³/mol. The maximum atomic E-state index is 14.0. The number of hydrogen-bond acceptors (Lipinski definition) is 5. The molecule has 8 heteroatoms. The van der Waals surface area contributed by atoms with Crippen molar-refractivity contribution in [3.05, 3.63) is 81.8 Å². The molecule has 0 bridgehead atoms. The summed E-state index contributed by atoms with van der Waals surface area (Å²) in [6.45, 7) is 0.246. The van der Waals surface area contributed by atoms with Crippen molar-refractivity contribution in [3.8, 4) is 5.75 Å². The molecule has 6 nitrogen and oxygen atoms in total. The van der Waals surface area contributed by atoms with Crippen molar-refractivity contribution in [3.63, 3.8) is 0 Å². The molecule has 0 fully saturated rings. The largest absolute Gasteiger partial charge is 0.497 e. The van der Waals surface area contributed by atoms with E-state index in [9.17, 15) is 9.18 Å². The number of rotatable bonds is 4. The molecular formula is C21H18ClFN4O2. The molecule has 2 heterocycles. The van der Waals surface area contributed by atoms with Gasteiger partial charge >= 0.3 is 0 Å². The molecule has 3 aromatic rings. The van der Waals surface area contributed by atoms with Crippen LogP contribution in [0.1, 0.15) is 33.2 Å². The minimum atomic E-state index is -0.684. The average Bonchev–Trinajstić information content (AvgIpc) is 2.96. The Hall–Kier alpha value is -3.32. The molecule has 1 atom stereocenters. The molecule has 1 aliphatic heterocycles. The highest BCUT2D eigenvalue weighted by Crippen LogP contribution is 2.44. The van der Waals surface area contributed by atoms with Gasteiger partial charge < -0.3 is 21.1 Å². The van der Waals surface area contributed by atoms with E-state index in [1.54, 1.807) is 24.1 Å². The van der Waals surface area contributed by atoms with Crippen molar-refractivity contribution in [1.29, 1.82) is 0 Å². The SMILES string of the molecule is COc1ccc(CN2C(=O)c3nc(N)cc(N)c3C2c2cc(F)ccc2Cl)cc1. The first-order chi connectivity index (χ1) is 13.9. The summed E-state index contributed by atoms with van der Waals surface area (Å²) < 4.78 is 19.2. The Bertz CT molecular complexity index is 1100. The van der Waals surface area contributed by atoms with Crippen LogP contribution in [-0.2, 0) is 6.54 Å². The first-order valence-corrected chi connectivity index (χ1v) is 9.21. The second-order valence-electron chi connectivity index (χ2n) is 6.75. The van der Waals surface area contributed by atoms with Gasteiger partial charge in [-0.1, -0.05) is 23.7 Å². The van der Waals surface area contributed by atoms with Crippen LogP contribution in [0.15, 0.2) is 48.5 Å². The molecule has 4 rings (SSSR count). The van der Waals surface area contributed by atoms with Crippen LogP contribution in [0.25, 0.3) is 0 Å². The molecule has 1 unspecified atom stereocenters. The summed E-state index contributed by atoms with van der Waals surface area (Å²) in [4.78, 5) is 19.0. The van der Waals surface area contributed by atoms with Crippen molar-refractivity contribution in [2.75, 3.05) is 18.6 Å². The van der Waals surface area contributed by atoms with Crippen LogP contribution >= 0.6 is 11.6 Å². The van der Waals surface area contributed by atoms with Gasteiger partial charge in [0.25, 0.3) is 5.91 Å². The van der Waals surface area contributed by atoms with Crippen LogP contribution in [0.5, 0.6) is 5.75 Å².